The lowest BCUT2D eigenvalue weighted by Gasteiger charge is -2.05. The molecule has 1 aromatic heterocycles. The molecule has 3 N–H and O–H groups in total. The Kier molecular flexibility index (Phi) is 3.35. The van der Waals surface area contributed by atoms with Crippen molar-refractivity contribution in [2.24, 2.45) is 5.16 Å². The molecule has 17 heavy (non-hydrogen) atoms. The molecular formula is C13H14N3O+. The summed E-state index contributed by atoms with van der Waals surface area (Å²) in [5.41, 5.74) is 7.29. The molecule has 0 bridgehead atoms. The van der Waals surface area contributed by atoms with Crippen molar-refractivity contribution in [3.05, 3.63) is 60.3 Å². The van der Waals surface area contributed by atoms with Gasteiger partial charge in [-0.05, 0) is 6.07 Å². The van der Waals surface area contributed by atoms with Crippen LogP contribution in [0.4, 0.5) is 5.82 Å². The first-order valence-electron chi connectivity index (χ1n) is 5.31. The fourth-order valence-electron chi connectivity index (χ4n) is 1.61. The minimum Gasteiger partial charge on any atom is -0.411 e. The summed E-state index contributed by atoms with van der Waals surface area (Å²) in [5, 5.41) is 12.4. The van der Waals surface area contributed by atoms with Gasteiger partial charge in [-0.3, -0.25) is 5.73 Å². The second-order valence-electron chi connectivity index (χ2n) is 3.67. The number of aromatic nitrogens is 1. The van der Waals surface area contributed by atoms with E-state index in [1.165, 1.54) is 0 Å². The molecule has 0 unspecified atom stereocenters. The van der Waals surface area contributed by atoms with Crippen molar-refractivity contribution >= 4 is 11.5 Å². The van der Waals surface area contributed by atoms with Crippen LogP contribution in [0.1, 0.15) is 5.56 Å². The molecule has 1 aromatic carbocycles. The van der Waals surface area contributed by atoms with Crippen LogP contribution < -0.4 is 10.3 Å². The van der Waals surface area contributed by atoms with E-state index in [0.29, 0.717) is 18.1 Å². The average Bonchev–Trinajstić information content (AvgIpc) is 2.39. The average molecular weight is 228 g/mol. The molecule has 86 valence electrons. The third kappa shape index (κ3) is 2.60. The summed E-state index contributed by atoms with van der Waals surface area (Å²) in [5.74, 6) is 0.629. The number of pyridine rings is 1. The van der Waals surface area contributed by atoms with Crippen molar-refractivity contribution in [3.8, 4) is 0 Å². The summed E-state index contributed by atoms with van der Waals surface area (Å²) in [6.07, 6.45) is 1.85. The number of nitrogens with zero attached hydrogens (tertiary/aromatic N) is 2. The number of rotatable bonds is 3. The molecule has 2 aromatic rings. The van der Waals surface area contributed by atoms with E-state index in [9.17, 15) is 0 Å². The molecule has 0 radical (unpaired) electrons. The number of oxime groups is 1. The zero-order valence-corrected chi connectivity index (χ0v) is 9.32. The van der Waals surface area contributed by atoms with E-state index in [2.05, 4.69) is 5.16 Å². The predicted octanol–water partition coefficient (Wildman–Crippen LogP) is 1.43. The number of anilines is 1. The number of nitrogens with two attached hydrogens (primary N) is 1. The third-order valence-corrected chi connectivity index (χ3v) is 2.52. The lowest BCUT2D eigenvalue weighted by molar-refractivity contribution is -0.667. The molecule has 0 atom stereocenters. The first kappa shape index (κ1) is 11.1. The third-order valence-electron chi connectivity index (χ3n) is 2.52. The Bertz CT molecular complexity index is 523. The first-order chi connectivity index (χ1) is 8.31. The molecule has 0 aliphatic heterocycles. The monoisotopic (exact) mass is 228 g/mol. The van der Waals surface area contributed by atoms with Gasteiger partial charge in [-0.25, -0.2) is 4.57 Å². The molecule has 0 saturated heterocycles. The smallest absolute Gasteiger partial charge is 0.272 e. The van der Waals surface area contributed by atoms with Crippen LogP contribution in [0.15, 0.2) is 59.9 Å². The standard InChI is InChI=1S/C13H13N3O/c14-13-8-4-5-9-16(13)10-12(15-17)11-6-2-1-3-7-11/h1-9,14,17H,10H2/p+1. The normalized spacial score (nSPS) is 11.4. The lowest BCUT2D eigenvalue weighted by atomic mass is 10.1. The molecule has 4 nitrogen and oxygen atoms in total. The van der Waals surface area contributed by atoms with E-state index in [4.69, 9.17) is 10.9 Å². The van der Waals surface area contributed by atoms with E-state index < -0.39 is 0 Å². The number of hydrogen-bond acceptors (Lipinski definition) is 3. The van der Waals surface area contributed by atoms with Gasteiger partial charge in [-0.1, -0.05) is 41.6 Å². The molecule has 0 fully saturated rings. The van der Waals surface area contributed by atoms with Crippen molar-refractivity contribution in [1.29, 1.82) is 0 Å². The van der Waals surface area contributed by atoms with Gasteiger partial charge >= 0.3 is 0 Å². The molecule has 0 spiro atoms. The van der Waals surface area contributed by atoms with E-state index in [-0.39, 0.29) is 0 Å². The fourth-order valence-corrected chi connectivity index (χ4v) is 1.61. The maximum absolute atomic E-state index is 9.07. The molecule has 0 aliphatic carbocycles. The van der Waals surface area contributed by atoms with E-state index in [1.54, 1.807) is 6.07 Å². The Morgan fingerprint density at radius 3 is 2.47 bits per heavy atom. The topological polar surface area (TPSA) is 62.5 Å². The second kappa shape index (κ2) is 5.12. The van der Waals surface area contributed by atoms with Crippen molar-refractivity contribution in [3.63, 3.8) is 0 Å². The van der Waals surface area contributed by atoms with Crippen LogP contribution in [0.25, 0.3) is 0 Å². The summed E-state index contributed by atoms with van der Waals surface area (Å²) in [7, 11) is 0. The van der Waals surface area contributed by atoms with Gasteiger partial charge in [0.05, 0.1) is 6.20 Å². The fraction of sp³-hybridized carbons (Fsp3) is 0.0769. The zero-order chi connectivity index (χ0) is 12.1. The summed E-state index contributed by atoms with van der Waals surface area (Å²) < 4.78 is 1.82. The van der Waals surface area contributed by atoms with Crippen LogP contribution in [0.2, 0.25) is 0 Å². The molecular weight excluding hydrogens is 214 g/mol. The highest BCUT2D eigenvalue weighted by Crippen LogP contribution is 2.02. The second-order valence-corrected chi connectivity index (χ2v) is 3.67. The van der Waals surface area contributed by atoms with Gasteiger partial charge < -0.3 is 5.21 Å². The zero-order valence-electron chi connectivity index (χ0n) is 9.32. The van der Waals surface area contributed by atoms with Gasteiger partial charge in [-0.2, -0.15) is 0 Å². The van der Waals surface area contributed by atoms with Crippen molar-refractivity contribution < 1.29 is 9.77 Å². The minimum absolute atomic E-state index is 0.438. The van der Waals surface area contributed by atoms with Gasteiger partial charge in [0.15, 0.2) is 0 Å². The lowest BCUT2D eigenvalue weighted by Crippen LogP contribution is -2.40. The van der Waals surface area contributed by atoms with Crippen LogP contribution in [-0.4, -0.2) is 10.9 Å². The van der Waals surface area contributed by atoms with E-state index >= 15 is 0 Å². The van der Waals surface area contributed by atoms with Gasteiger partial charge in [0, 0.05) is 11.6 Å². The summed E-state index contributed by atoms with van der Waals surface area (Å²) >= 11 is 0. The Morgan fingerprint density at radius 2 is 1.82 bits per heavy atom. The van der Waals surface area contributed by atoms with Crippen LogP contribution in [0.5, 0.6) is 0 Å². The van der Waals surface area contributed by atoms with Crippen LogP contribution in [0, 0.1) is 0 Å². The minimum atomic E-state index is 0.438. The van der Waals surface area contributed by atoms with E-state index in [1.807, 2.05) is 53.2 Å². The van der Waals surface area contributed by atoms with E-state index in [0.717, 1.165) is 5.56 Å². The van der Waals surface area contributed by atoms with Crippen LogP contribution in [0.3, 0.4) is 0 Å². The molecule has 2 rings (SSSR count). The van der Waals surface area contributed by atoms with Gasteiger partial charge in [0.2, 0.25) is 0 Å². The molecule has 0 saturated carbocycles. The highest BCUT2D eigenvalue weighted by Gasteiger charge is 2.10. The Hall–Kier alpha value is -2.36. The highest BCUT2D eigenvalue weighted by atomic mass is 16.4. The number of hydrogen-bond donors (Lipinski definition) is 2. The SMILES string of the molecule is Nc1cccc[n+]1CC(=NO)c1ccccc1. The summed E-state index contributed by atoms with van der Waals surface area (Å²) in [4.78, 5) is 0. The van der Waals surface area contributed by atoms with Gasteiger partial charge in [0.25, 0.3) is 5.82 Å². The first-order valence-corrected chi connectivity index (χ1v) is 5.31. The van der Waals surface area contributed by atoms with Crippen molar-refractivity contribution in [1.82, 2.24) is 0 Å². The molecule has 4 heteroatoms. The van der Waals surface area contributed by atoms with Crippen molar-refractivity contribution in [2.75, 3.05) is 5.73 Å². The Morgan fingerprint density at radius 1 is 1.12 bits per heavy atom. The predicted molar refractivity (Wildman–Crippen MR) is 65.8 cm³/mol. The van der Waals surface area contributed by atoms with Crippen molar-refractivity contribution in [2.45, 2.75) is 6.54 Å². The largest absolute Gasteiger partial charge is 0.411 e. The Balaban J connectivity index is 2.26. The van der Waals surface area contributed by atoms with Crippen LogP contribution in [-0.2, 0) is 6.54 Å². The number of benzene rings is 1. The highest BCUT2D eigenvalue weighted by molar-refractivity contribution is 5.99. The summed E-state index contributed by atoms with van der Waals surface area (Å²) in [6.45, 7) is 0.438. The van der Waals surface area contributed by atoms with Gasteiger partial charge in [-0.15, -0.1) is 0 Å². The molecule has 0 aliphatic rings. The van der Waals surface area contributed by atoms with Crippen LogP contribution >= 0.6 is 0 Å². The molecule has 0 amide bonds. The number of nitrogen functional groups attached to an aromatic ring is 1. The van der Waals surface area contributed by atoms with Gasteiger partial charge in [0.1, 0.15) is 12.3 Å². The maximum Gasteiger partial charge on any atom is 0.272 e. The Labute approximate surface area is 99.6 Å². The molecule has 1 heterocycles. The quantitative estimate of drug-likeness (QED) is 0.361. The summed E-state index contributed by atoms with van der Waals surface area (Å²) in [6, 6.07) is 15.1. The maximum atomic E-state index is 9.07.